The van der Waals surface area contributed by atoms with Crippen molar-refractivity contribution in [3.63, 3.8) is 0 Å². The zero-order chi connectivity index (χ0) is 13.0. The van der Waals surface area contributed by atoms with Crippen molar-refractivity contribution in [2.45, 2.75) is 37.9 Å². The first kappa shape index (κ1) is 13.5. The predicted octanol–water partition coefficient (Wildman–Crippen LogP) is 1.99. The van der Waals surface area contributed by atoms with Gasteiger partial charge in [-0.25, -0.2) is 9.97 Å². The molecule has 6 heteroatoms. The molecule has 1 aliphatic rings. The monoisotopic (exact) mass is 271 g/mol. The number of ether oxygens (including phenoxy) is 1. The lowest BCUT2D eigenvalue weighted by molar-refractivity contribution is 0.0614. The molecule has 1 aliphatic carbocycles. The normalized spacial score (nSPS) is 17.9. The van der Waals surface area contributed by atoms with Crippen molar-refractivity contribution < 1.29 is 9.84 Å². The molecule has 0 aliphatic heterocycles. The predicted molar refractivity (Wildman–Crippen MR) is 69.7 cm³/mol. The fourth-order valence-electron chi connectivity index (χ4n) is 2.21. The van der Waals surface area contributed by atoms with Crippen molar-refractivity contribution in [3.8, 4) is 0 Å². The lowest BCUT2D eigenvalue weighted by Crippen LogP contribution is -2.33. The Morgan fingerprint density at radius 2 is 2.17 bits per heavy atom. The maximum absolute atomic E-state index is 10.2. The van der Waals surface area contributed by atoms with Crippen molar-refractivity contribution in [2.24, 2.45) is 0 Å². The lowest BCUT2D eigenvalue weighted by atomic mass is 10.0. The molecule has 0 radical (unpaired) electrons. The Balaban J connectivity index is 2.00. The molecule has 0 aromatic carbocycles. The summed E-state index contributed by atoms with van der Waals surface area (Å²) in [5.41, 5.74) is -0.612. The number of anilines is 1. The van der Waals surface area contributed by atoms with Gasteiger partial charge in [0.25, 0.3) is 0 Å². The molecule has 5 nitrogen and oxygen atoms in total. The molecule has 1 fully saturated rings. The molecule has 0 spiro atoms. The van der Waals surface area contributed by atoms with Gasteiger partial charge < -0.3 is 15.2 Å². The van der Waals surface area contributed by atoms with E-state index in [0.717, 1.165) is 25.7 Å². The summed E-state index contributed by atoms with van der Waals surface area (Å²) in [5, 5.41) is 13.7. The molecule has 0 unspecified atom stereocenters. The number of rotatable bonds is 5. The van der Waals surface area contributed by atoms with Crippen molar-refractivity contribution in [1.29, 1.82) is 0 Å². The summed E-state index contributed by atoms with van der Waals surface area (Å²) in [6, 6.07) is 1.65. The SMILES string of the molecule is COCc1nc(Cl)cc(NCC2(O)CCCC2)n1. The molecule has 2 rings (SSSR count). The van der Waals surface area contributed by atoms with Gasteiger partial charge in [0.15, 0.2) is 5.82 Å². The number of aromatic nitrogens is 2. The zero-order valence-corrected chi connectivity index (χ0v) is 11.2. The van der Waals surface area contributed by atoms with Gasteiger partial charge in [-0.2, -0.15) is 0 Å². The summed E-state index contributed by atoms with van der Waals surface area (Å²) in [6.07, 6.45) is 3.84. The molecular weight excluding hydrogens is 254 g/mol. The molecular formula is C12H18ClN3O2. The van der Waals surface area contributed by atoms with Gasteiger partial charge in [-0.15, -0.1) is 0 Å². The van der Waals surface area contributed by atoms with Gasteiger partial charge in [0.1, 0.15) is 17.6 Å². The highest BCUT2D eigenvalue weighted by atomic mass is 35.5. The van der Waals surface area contributed by atoms with E-state index in [-0.39, 0.29) is 0 Å². The Bertz CT molecular complexity index is 408. The third-order valence-electron chi connectivity index (χ3n) is 3.15. The van der Waals surface area contributed by atoms with Gasteiger partial charge in [-0.05, 0) is 12.8 Å². The highest BCUT2D eigenvalue weighted by Gasteiger charge is 2.30. The second-order valence-corrected chi connectivity index (χ2v) is 5.10. The Morgan fingerprint density at radius 3 is 2.83 bits per heavy atom. The average molecular weight is 272 g/mol. The Kier molecular flexibility index (Phi) is 4.37. The summed E-state index contributed by atoms with van der Waals surface area (Å²) in [7, 11) is 1.58. The maximum Gasteiger partial charge on any atom is 0.158 e. The summed E-state index contributed by atoms with van der Waals surface area (Å²) in [5.74, 6) is 1.16. The second-order valence-electron chi connectivity index (χ2n) is 4.71. The van der Waals surface area contributed by atoms with Gasteiger partial charge in [-0.3, -0.25) is 0 Å². The minimum absolute atomic E-state index is 0.319. The summed E-state index contributed by atoms with van der Waals surface area (Å²) in [4.78, 5) is 8.32. The van der Waals surface area contributed by atoms with Gasteiger partial charge >= 0.3 is 0 Å². The molecule has 0 bridgehead atoms. The van der Waals surface area contributed by atoms with E-state index in [4.69, 9.17) is 16.3 Å². The molecule has 2 N–H and O–H groups in total. The first-order chi connectivity index (χ1) is 8.61. The van der Waals surface area contributed by atoms with E-state index < -0.39 is 5.60 Å². The van der Waals surface area contributed by atoms with E-state index in [2.05, 4.69) is 15.3 Å². The number of hydrogen-bond acceptors (Lipinski definition) is 5. The highest BCUT2D eigenvalue weighted by molar-refractivity contribution is 6.29. The number of halogens is 1. The van der Waals surface area contributed by atoms with Crippen LogP contribution in [0.4, 0.5) is 5.82 Å². The summed E-state index contributed by atoms with van der Waals surface area (Å²) < 4.78 is 4.97. The molecule has 1 saturated carbocycles. The van der Waals surface area contributed by atoms with Crippen LogP contribution in [0.25, 0.3) is 0 Å². The van der Waals surface area contributed by atoms with E-state index in [1.807, 2.05) is 0 Å². The standard InChI is InChI=1S/C12H18ClN3O2/c1-18-7-11-15-9(13)6-10(16-11)14-8-12(17)4-2-3-5-12/h6,17H,2-5,7-8H2,1H3,(H,14,15,16). The van der Waals surface area contributed by atoms with Crippen LogP contribution in [0, 0.1) is 0 Å². The van der Waals surface area contributed by atoms with Crippen LogP contribution < -0.4 is 5.32 Å². The Morgan fingerprint density at radius 1 is 1.44 bits per heavy atom. The molecule has 0 amide bonds. The first-order valence-corrected chi connectivity index (χ1v) is 6.48. The number of methoxy groups -OCH3 is 1. The summed E-state index contributed by atoms with van der Waals surface area (Å²) in [6.45, 7) is 0.812. The van der Waals surface area contributed by atoms with Crippen molar-refractivity contribution in [1.82, 2.24) is 9.97 Å². The smallest absolute Gasteiger partial charge is 0.158 e. The van der Waals surface area contributed by atoms with Gasteiger partial charge in [0.2, 0.25) is 0 Å². The van der Waals surface area contributed by atoms with Crippen LogP contribution in [-0.4, -0.2) is 34.3 Å². The molecule has 100 valence electrons. The van der Waals surface area contributed by atoms with Crippen LogP contribution in [0.2, 0.25) is 5.15 Å². The van der Waals surface area contributed by atoms with Gasteiger partial charge in [0.05, 0.1) is 5.60 Å². The maximum atomic E-state index is 10.2. The van der Waals surface area contributed by atoms with Crippen molar-refractivity contribution in [2.75, 3.05) is 19.0 Å². The van der Waals surface area contributed by atoms with Crippen LogP contribution in [0.15, 0.2) is 6.07 Å². The van der Waals surface area contributed by atoms with E-state index in [1.54, 1.807) is 13.2 Å². The molecule has 1 aromatic rings. The van der Waals surface area contributed by atoms with Crippen LogP contribution in [0.1, 0.15) is 31.5 Å². The number of hydrogen-bond donors (Lipinski definition) is 2. The molecule has 1 heterocycles. The molecule has 18 heavy (non-hydrogen) atoms. The van der Waals surface area contributed by atoms with Crippen molar-refractivity contribution >= 4 is 17.4 Å². The number of nitrogens with zero attached hydrogens (tertiary/aromatic N) is 2. The van der Waals surface area contributed by atoms with Crippen LogP contribution in [0.5, 0.6) is 0 Å². The second kappa shape index (κ2) is 5.82. The van der Waals surface area contributed by atoms with Crippen LogP contribution in [0.3, 0.4) is 0 Å². The Labute approximate surface area is 112 Å². The number of nitrogens with one attached hydrogen (secondary N) is 1. The van der Waals surface area contributed by atoms with Crippen molar-refractivity contribution in [3.05, 3.63) is 17.0 Å². The lowest BCUT2D eigenvalue weighted by Gasteiger charge is -2.22. The first-order valence-electron chi connectivity index (χ1n) is 6.10. The third kappa shape index (κ3) is 3.54. The van der Waals surface area contributed by atoms with Gasteiger partial charge in [0, 0.05) is 19.7 Å². The highest BCUT2D eigenvalue weighted by Crippen LogP contribution is 2.29. The Hall–Kier alpha value is -0.910. The van der Waals surface area contributed by atoms with Crippen LogP contribution >= 0.6 is 11.6 Å². The fraction of sp³-hybridized carbons (Fsp3) is 0.667. The zero-order valence-electron chi connectivity index (χ0n) is 10.4. The van der Waals surface area contributed by atoms with E-state index in [0.29, 0.717) is 29.9 Å². The minimum Gasteiger partial charge on any atom is -0.388 e. The van der Waals surface area contributed by atoms with E-state index >= 15 is 0 Å². The largest absolute Gasteiger partial charge is 0.388 e. The van der Waals surface area contributed by atoms with E-state index in [1.165, 1.54) is 0 Å². The minimum atomic E-state index is -0.612. The quantitative estimate of drug-likeness (QED) is 0.802. The summed E-state index contributed by atoms with van der Waals surface area (Å²) >= 11 is 5.91. The molecule has 1 aromatic heterocycles. The molecule has 0 atom stereocenters. The van der Waals surface area contributed by atoms with Crippen LogP contribution in [-0.2, 0) is 11.3 Å². The fourth-order valence-corrected chi connectivity index (χ4v) is 2.41. The third-order valence-corrected chi connectivity index (χ3v) is 3.34. The average Bonchev–Trinajstić information content (AvgIpc) is 2.74. The topological polar surface area (TPSA) is 67.3 Å². The number of aliphatic hydroxyl groups is 1. The molecule has 0 saturated heterocycles. The van der Waals surface area contributed by atoms with Gasteiger partial charge in [-0.1, -0.05) is 24.4 Å². The van der Waals surface area contributed by atoms with E-state index in [9.17, 15) is 5.11 Å².